The molecule has 0 saturated heterocycles. The number of hydrogen-bond acceptors (Lipinski definition) is 4. The van der Waals surface area contributed by atoms with E-state index in [4.69, 9.17) is 4.42 Å². The Morgan fingerprint density at radius 1 is 1.37 bits per heavy atom. The summed E-state index contributed by atoms with van der Waals surface area (Å²) in [5.74, 6) is 0.807. The zero-order valence-corrected chi connectivity index (χ0v) is 11.2. The van der Waals surface area contributed by atoms with Crippen LogP contribution in [-0.2, 0) is 20.6 Å². The second-order valence-corrected chi connectivity index (χ2v) is 4.53. The van der Waals surface area contributed by atoms with Gasteiger partial charge in [-0.05, 0) is 19.1 Å². The van der Waals surface area contributed by atoms with E-state index in [1.807, 2.05) is 19.1 Å². The summed E-state index contributed by atoms with van der Waals surface area (Å²) in [6, 6.07) is 3.69. The molecule has 0 radical (unpaired) electrons. The van der Waals surface area contributed by atoms with E-state index >= 15 is 0 Å². The molecule has 0 unspecified atom stereocenters. The lowest BCUT2D eigenvalue weighted by molar-refractivity contribution is 0.428. The predicted molar refractivity (Wildman–Crippen MR) is 70.9 cm³/mol. The van der Waals surface area contributed by atoms with Gasteiger partial charge in [0, 0.05) is 32.4 Å². The van der Waals surface area contributed by atoms with Crippen molar-refractivity contribution in [3.63, 3.8) is 0 Å². The number of nitrogens with one attached hydrogen (secondary N) is 1. The molecule has 0 saturated carbocycles. The predicted octanol–water partition coefficient (Wildman–Crippen LogP) is 0.528. The molecule has 0 aliphatic rings. The molecule has 0 aromatic carbocycles. The largest absolute Gasteiger partial charge is 0.468 e. The van der Waals surface area contributed by atoms with Gasteiger partial charge in [-0.1, -0.05) is 0 Å². The van der Waals surface area contributed by atoms with Crippen molar-refractivity contribution in [3.05, 3.63) is 56.8 Å². The minimum absolute atomic E-state index is 0.00283. The molecule has 2 aromatic heterocycles. The Labute approximate surface area is 110 Å². The first kappa shape index (κ1) is 13.4. The lowest BCUT2D eigenvalue weighted by Gasteiger charge is -2.12. The van der Waals surface area contributed by atoms with Crippen LogP contribution in [0, 0.1) is 0 Å². The number of nitrogens with zero attached hydrogens (tertiary/aromatic N) is 2. The molecule has 2 rings (SSSR count). The van der Waals surface area contributed by atoms with E-state index in [1.54, 1.807) is 19.5 Å². The quantitative estimate of drug-likeness (QED) is 0.873. The Morgan fingerprint density at radius 3 is 2.74 bits per heavy atom. The van der Waals surface area contributed by atoms with Gasteiger partial charge < -0.3 is 14.3 Å². The standard InChI is InChI=1S/C13H17N3O3/c1-9(11-5-4-6-19-11)14-7-10-8-15(2)13(18)16(3)12(10)17/h4-6,8-9,14H,7H2,1-3H3/t9-/m0/s1. The summed E-state index contributed by atoms with van der Waals surface area (Å²) in [5.41, 5.74) is -0.0573. The van der Waals surface area contributed by atoms with Crippen molar-refractivity contribution >= 4 is 0 Å². The fourth-order valence-corrected chi connectivity index (χ4v) is 1.91. The highest BCUT2D eigenvalue weighted by atomic mass is 16.3. The number of aromatic nitrogens is 2. The number of hydrogen-bond donors (Lipinski definition) is 1. The van der Waals surface area contributed by atoms with Crippen LogP contribution in [0.4, 0.5) is 0 Å². The first-order chi connectivity index (χ1) is 9.00. The van der Waals surface area contributed by atoms with Gasteiger partial charge in [-0.25, -0.2) is 4.79 Å². The van der Waals surface area contributed by atoms with E-state index in [2.05, 4.69) is 5.32 Å². The van der Waals surface area contributed by atoms with Crippen LogP contribution in [-0.4, -0.2) is 9.13 Å². The lowest BCUT2D eigenvalue weighted by atomic mass is 10.2. The summed E-state index contributed by atoms with van der Waals surface area (Å²) in [6.07, 6.45) is 3.17. The molecule has 1 N–H and O–H groups in total. The van der Waals surface area contributed by atoms with Gasteiger partial charge in [-0.15, -0.1) is 0 Å². The second kappa shape index (κ2) is 5.27. The fourth-order valence-electron chi connectivity index (χ4n) is 1.91. The summed E-state index contributed by atoms with van der Waals surface area (Å²) in [6.45, 7) is 2.33. The lowest BCUT2D eigenvalue weighted by Crippen LogP contribution is -2.39. The first-order valence-corrected chi connectivity index (χ1v) is 6.03. The Balaban J connectivity index is 2.17. The summed E-state index contributed by atoms with van der Waals surface area (Å²) in [7, 11) is 3.10. The van der Waals surface area contributed by atoms with E-state index < -0.39 is 0 Å². The van der Waals surface area contributed by atoms with E-state index in [0.717, 1.165) is 10.3 Å². The minimum atomic E-state index is -0.326. The van der Waals surface area contributed by atoms with Crippen molar-refractivity contribution in [1.82, 2.24) is 14.5 Å². The van der Waals surface area contributed by atoms with Gasteiger partial charge in [0.25, 0.3) is 5.56 Å². The summed E-state index contributed by atoms with van der Waals surface area (Å²) in [5, 5.41) is 3.19. The first-order valence-electron chi connectivity index (χ1n) is 6.03. The number of furan rings is 1. The monoisotopic (exact) mass is 263 g/mol. The smallest absolute Gasteiger partial charge is 0.330 e. The Kier molecular flexibility index (Phi) is 3.71. The minimum Gasteiger partial charge on any atom is -0.468 e. The van der Waals surface area contributed by atoms with Gasteiger partial charge >= 0.3 is 5.69 Å². The molecular formula is C13H17N3O3. The molecule has 0 fully saturated rings. The van der Waals surface area contributed by atoms with Crippen LogP contribution in [0.1, 0.15) is 24.3 Å². The highest BCUT2D eigenvalue weighted by molar-refractivity contribution is 5.07. The molecular weight excluding hydrogens is 246 g/mol. The average Bonchev–Trinajstić information content (AvgIpc) is 2.92. The van der Waals surface area contributed by atoms with Crippen molar-refractivity contribution in [1.29, 1.82) is 0 Å². The van der Waals surface area contributed by atoms with Crippen molar-refractivity contribution in [2.24, 2.45) is 14.1 Å². The fraction of sp³-hybridized carbons (Fsp3) is 0.385. The highest BCUT2D eigenvalue weighted by Gasteiger charge is 2.10. The maximum Gasteiger partial charge on any atom is 0.330 e. The molecule has 19 heavy (non-hydrogen) atoms. The average molecular weight is 263 g/mol. The van der Waals surface area contributed by atoms with Gasteiger partial charge in [0.15, 0.2) is 0 Å². The van der Waals surface area contributed by atoms with Crippen LogP contribution in [0.5, 0.6) is 0 Å². The van der Waals surface area contributed by atoms with E-state index in [1.165, 1.54) is 11.6 Å². The number of rotatable bonds is 4. The van der Waals surface area contributed by atoms with Crippen molar-refractivity contribution in [3.8, 4) is 0 Å². The summed E-state index contributed by atoms with van der Waals surface area (Å²) >= 11 is 0. The van der Waals surface area contributed by atoms with E-state index in [9.17, 15) is 9.59 Å². The summed E-state index contributed by atoms with van der Waals surface area (Å²) in [4.78, 5) is 23.5. The highest BCUT2D eigenvalue weighted by Crippen LogP contribution is 2.12. The van der Waals surface area contributed by atoms with Crippen LogP contribution in [0.15, 0.2) is 38.6 Å². The van der Waals surface area contributed by atoms with Gasteiger partial charge in [-0.3, -0.25) is 9.36 Å². The van der Waals surface area contributed by atoms with Crippen LogP contribution in [0.3, 0.4) is 0 Å². The molecule has 1 atom stereocenters. The molecule has 0 aliphatic heterocycles. The van der Waals surface area contributed by atoms with Gasteiger partial charge in [0.2, 0.25) is 0 Å². The van der Waals surface area contributed by atoms with Crippen molar-refractivity contribution in [2.45, 2.75) is 19.5 Å². The molecule has 0 bridgehead atoms. The molecule has 0 aliphatic carbocycles. The molecule has 2 aromatic rings. The Bertz CT molecular complexity index is 667. The van der Waals surface area contributed by atoms with Crippen LogP contribution >= 0.6 is 0 Å². The van der Waals surface area contributed by atoms with Crippen molar-refractivity contribution < 1.29 is 4.42 Å². The van der Waals surface area contributed by atoms with Crippen LogP contribution in [0.25, 0.3) is 0 Å². The van der Waals surface area contributed by atoms with Crippen molar-refractivity contribution in [2.75, 3.05) is 0 Å². The maximum absolute atomic E-state index is 11.9. The third-order valence-electron chi connectivity index (χ3n) is 3.09. The SMILES string of the molecule is C[C@H](NCc1cn(C)c(=O)n(C)c1=O)c1ccco1. The maximum atomic E-state index is 11.9. The van der Waals surface area contributed by atoms with Crippen LogP contribution < -0.4 is 16.6 Å². The third-order valence-corrected chi connectivity index (χ3v) is 3.09. The second-order valence-electron chi connectivity index (χ2n) is 4.53. The third kappa shape index (κ3) is 2.68. The molecule has 102 valence electrons. The van der Waals surface area contributed by atoms with E-state index in [-0.39, 0.29) is 17.3 Å². The Hall–Kier alpha value is -2.08. The zero-order valence-electron chi connectivity index (χ0n) is 11.2. The van der Waals surface area contributed by atoms with Gasteiger partial charge in [0.05, 0.1) is 12.3 Å². The normalized spacial score (nSPS) is 12.6. The van der Waals surface area contributed by atoms with Gasteiger partial charge in [0.1, 0.15) is 5.76 Å². The Morgan fingerprint density at radius 2 is 2.11 bits per heavy atom. The summed E-state index contributed by atoms with van der Waals surface area (Å²) < 4.78 is 7.78. The van der Waals surface area contributed by atoms with Crippen LogP contribution in [0.2, 0.25) is 0 Å². The molecule has 0 amide bonds. The van der Waals surface area contributed by atoms with E-state index in [0.29, 0.717) is 12.1 Å². The molecule has 6 heteroatoms. The number of aryl methyl sites for hydroxylation is 1. The molecule has 2 heterocycles. The van der Waals surface area contributed by atoms with Gasteiger partial charge in [-0.2, -0.15) is 0 Å². The zero-order chi connectivity index (χ0) is 14.0. The topological polar surface area (TPSA) is 69.2 Å². The molecule has 0 spiro atoms. The molecule has 6 nitrogen and oxygen atoms in total.